The molecule has 0 bridgehead atoms. The Kier molecular flexibility index (Phi) is 4.83. The Morgan fingerprint density at radius 2 is 1.76 bits per heavy atom. The topological polar surface area (TPSA) is 15.3 Å². The lowest BCUT2D eigenvalue weighted by Gasteiger charge is -2.20. The molecule has 1 aliphatic carbocycles. The lowest BCUT2D eigenvalue weighted by molar-refractivity contribution is 0.280. The minimum absolute atomic E-state index is 0.207. The third-order valence-electron chi connectivity index (χ3n) is 5.75. The number of hydrogen-bond donors (Lipinski definition) is 1. The summed E-state index contributed by atoms with van der Waals surface area (Å²) in [5.74, 6) is 2.15. The normalized spacial score (nSPS) is 25.0. The maximum absolute atomic E-state index is 13.6. The van der Waals surface area contributed by atoms with E-state index in [2.05, 4.69) is 57.3 Å². The van der Waals surface area contributed by atoms with Crippen molar-refractivity contribution in [3.05, 3.63) is 63.9 Å². The van der Waals surface area contributed by atoms with Gasteiger partial charge in [-0.2, -0.15) is 0 Å². The second-order valence-corrected chi connectivity index (χ2v) is 8.22. The lowest BCUT2D eigenvalue weighted by Crippen LogP contribution is -2.25. The van der Waals surface area contributed by atoms with Gasteiger partial charge in [-0.25, -0.2) is 4.39 Å². The van der Waals surface area contributed by atoms with E-state index in [4.69, 9.17) is 0 Å². The summed E-state index contributed by atoms with van der Waals surface area (Å²) in [6, 6.07) is 14.3. The van der Waals surface area contributed by atoms with Crippen LogP contribution in [-0.2, 0) is 13.0 Å². The number of nitrogens with zero attached hydrogens (tertiary/aromatic N) is 1. The number of anilines is 1. The second kappa shape index (κ2) is 7.08. The molecule has 2 aliphatic rings. The molecule has 4 heteroatoms. The molecule has 0 spiro atoms. The fourth-order valence-corrected chi connectivity index (χ4v) is 4.40. The van der Waals surface area contributed by atoms with Crippen molar-refractivity contribution in [1.82, 2.24) is 4.90 Å². The fourth-order valence-electron chi connectivity index (χ4n) is 4.15. The largest absolute Gasteiger partial charge is 0.385 e. The zero-order chi connectivity index (χ0) is 17.4. The molecule has 25 heavy (non-hydrogen) atoms. The number of piperidine rings is 1. The van der Waals surface area contributed by atoms with Crippen LogP contribution in [0.4, 0.5) is 10.1 Å². The van der Waals surface area contributed by atoms with Crippen LogP contribution in [0, 0.1) is 23.6 Å². The SMILES string of the molecule is CCc1ccc(CN2CC3C(CNc4ccc(Br)c(F)c4)C3C2)cc1. The zero-order valence-corrected chi connectivity index (χ0v) is 16.1. The number of halogens is 2. The Labute approximate surface area is 157 Å². The van der Waals surface area contributed by atoms with Gasteiger partial charge in [-0.1, -0.05) is 31.2 Å². The number of likely N-dealkylation sites (tertiary alicyclic amines) is 1. The summed E-state index contributed by atoms with van der Waals surface area (Å²) in [6.07, 6.45) is 1.10. The molecule has 1 N–H and O–H groups in total. The van der Waals surface area contributed by atoms with Crippen LogP contribution in [0.15, 0.2) is 46.9 Å². The van der Waals surface area contributed by atoms with Gasteiger partial charge < -0.3 is 5.32 Å². The first-order chi connectivity index (χ1) is 12.1. The van der Waals surface area contributed by atoms with Gasteiger partial charge in [-0.15, -0.1) is 0 Å². The van der Waals surface area contributed by atoms with Gasteiger partial charge in [-0.05, 0) is 69.4 Å². The Balaban J connectivity index is 1.24. The van der Waals surface area contributed by atoms with Crippen LogP contribution in [-0.4, -0.2) is 24.5 Å². The van der Waals surface area contributed by atoms with Crippen molar-refractivity contribution in [2.75, 3.05) is 25.0 Å². The molecule has 132 valence electrons. The number of aryl methyl sites for hydroxylation is 1. The van der Waals surface area contributed by atoms with E-state index in [0.29, 0.717) is 4.47 Å². The lowest BCUT2D eigenvalue weighted by atomic mass is 10.1. The van der Waals surface area contributed by atoms with Crippen molar-refractivity contribution in [3.8, 4) is 0 Å². The molecule has 2 fully saturated rings. The van der Waals surface area contributed by atoms with Gasteiger partial charge in [0.15, 0.2) is 0 Å². The number of hydrogen-bond acceptors (Lipinski definition) is 2. The van der Waals surface area contributed by atoms with E-state index in [1.54, 1.807) is 12.1 Å². The van der Waals surface area contributed by atoms with Crippen LogP contribution in [0.25, 0.3) is 0 Å². The fraction of sp³-hybridized carbons (Fsp3) is 0.429. The highest BCUT2D eigenvalue weighted by Gasteiger charge is 2.54. The quantitative estimate of drug-likeness (QED) is 0.735. The molecule has 4 rings (SSSR count). The van der Waals surface area contributed by atoms with Crippen molar-refractivity contribution < 1.29 is 4.39 Å². The van der Waals surface area contributed by atoms with Gasteiger partial charge in [0.1, 0.15) is 5.82 Å². The van der Waals surface area contributed by atoms with Gasteiger partial charge in [0.25, 0.3) is 0 Å². The molecule has 2 unspecified atom stereocenters. The van der Waals surface area contributed by atoms with Crippen molar-refractivity contribution in [2.24, 2.45) is 17.8 Å². The standard InChI is InChI=1S/C21H24BrFN2/c1-2-14-3-5-15(6-4-14)11-25-12-18-17(19(18)13-25)10-24-16-7-8-20(22)21(23)9-16/h3-9,17-19,24H,2,10-13H2,1H3. The van der Waals surface area contributed by atoms with Crippen LogP contribution in [0.1, 0.15) is 18.1 Å². The van der Waals surface area contributed by atoms with E-state index in [9.17, 15) is 4.39 Å². The molecule has 0 aromatic heterocycles. The summed E-state index contributed by atoms with van der Waals surface area (Å²) < 4.78 is 14.1. The Bertz CT molecular complexity index is 734. The molecule has 1 aliphatic heterocycles. The predicted octanol–water partition coefficient (Wildman–Crippen LogP) is 4.94. The molecular weight excluding hydrogens is 379 g/mol. The van der Waals surface area contributed by atoms with E-state index >= 15 is 0 Å². The Hall–Kier alpha value is -1.39. The summed E-state index contributed by atoms with van der Waals surface area (Å²) in [5, 5.41) is 3.40. The molecule has 2 aromatic carbocycles. The van der Waals surface area contributed by atoms with Crippen molar-refractivity contribution >= 4 is 21.6 Å². The summed E-state index contributed by atoms with van der Waals surface area (Å²) in [6.45, 7) is 6.60. The van der Waals surface area contributed by atoms with E-state index in [1.165, 1.54) is 24.2 Å². The van der Waals surface area contributed by atoms with E-state index < -0.39 is 0 Å². The third-order valence-corrected chi connectivity index (χ3v) is 6.39. The highest BCUT2D eigenvalue weighted by Crippen LogP contribution is 2.51. The molecule has 2 nitrogen and oxygen atoms in total. The number of fused-ring (bicyclic) bond motifs is 1. The minimum Gasteiger partial charge on any atom is -0.385 e. The van der Waals surface area contributed by atoms with E-state index in [-0.39, 0.29) is 5.82 Å². The maximum atomic E-state index is 13.6. The first-order valence-corrected chi connectivity index (χ1v) is 9.92. The zero-order valence-electron chi connectivity index (χ0n) is 14.5. The molecule has 1 saturated carbocycles. The molecule has 2 atom stereocenters. The van der Waals surface area contributed by atoms with Crippen LogP contribution in [0.2, 0.25) is 0 Å². The third kappa shape index (κ3) is 3.75. The molecule has 1 heterocycles. The van der Waals surface area contributed by atoms with Gasteiger partial charge >= 0.3 is 0 Å². The van der Waals surface area contributed by atoms with E-state index in [0.717, 1.165) is 43.0 Å². The van der Waals surface area contributed by atoms with Crippen molar-refractivity contribution in [3.63, 3.8) is 0 Å². The monoisotopic (exact) mass is 402 g/mol. The molecule has 2 aromatic rings. The summed E-state index contributed by atoms with van der Waals surface area (Å²) >= 11 is 3.19. The van der Waals surface area contributed by atoms with Crippen molar-refractivity contribution in [2.45, 2.75) is 19.9 Å². The van der Waals surface area contributed by atoms with Crippen molar-refractivity contribution in [1.29, 1.82) is 0 Å². The average molecular weight is 403 g/mol. The van der Waals surface area contributed by atoms with Gasteiger partial charge in [0.05, 0.1) is 4.47 Å². The van der Waals surface area contributed by atoms with Crippen LogP contribution in [0.3, 0.4) is 0 Å². The van der Waals surface area contributed by atoms with Gasteiger partial charge in [-0.3, -0.25) is 4.90 Å². The maximum Gasteiger partial charge on any atom is 0.139 e. The van der Waals surface area contributed by atoms with Crippen LogP contribution in [0.5, 0.6) is 0 Å². The smallest absolute Gasteiger partial charge is 0.139 e. The van der Waals surface area contributed by atoms with E-state index in [1.807, 2.05) is 6.07 Å². The Morgan fingerprint density at radius 1 is 1.08 bits per heavy atom. The molecule has 0 amide bonds. The number of nitrogens with one attached hydrogen (secondary N) is 1. The minimum atomic E-state index is -0.207. The average Bonchev–Trinajstić information content (AvgIpc) is 3.08. The second-order valence-electron chi connectivity index (χ2n) is 7.37. The van der Waals surface area contributed by atoms with Crippen LogP contribution < -0.4 is 5.32 Å². The molecule has 0 radical (unpaired) electrons. The number of benzene rings is 2. The Morgan fingerprint density at radius 3 is 2.40 bits per heavy atom. The first kappa shape index (κ1) is 17.0. The summed E-state index contributed by atoms with van der Waals surface area (Å²) in [5.41, 5.74) is 3.69. The summed E-state index contributed by atoms with van der Waals surface area (Å²) in [7, 11) is 0. The number of rotatable bonds is 6. The predicted molar refractivity (Wildman–Crippen MR) is 104 cm³/mol. The molecule has 1 saturated heterocycles. The van der Waals surface area contributed by atoms with Gasteiger partial charge in [0, 0.05) is 31.9 Å². The first-order valence-electron chi connectivity index (χ1n) is 9.13. The highest BCUT2D eigenvalue weighted by atomic mass is 79.9. The summed E-state index contributed by atoms with van der Waals surface area (Å²) in [4.78, 5) is 2.58. The molecular formula is C21H24BrFN2. The highest BCUT2D eigenvalue weighted by molar-refractivity contribution is 9.10. The van der Waals surface area contributed by atoms with Gasteiger partial charge in [0.2, 0.25) is 0 Å². The van der Waals surface area contributed by atoms with Crippen LogP contribution >= 0.6 is 15.9 Å².